The molecule has 0 spiro atoms. The Bertz CT molecular complexity index is 921. The van der Waals surface area contributed by atoms with Crippen LogP contribution in [0.2, 0.25) is 0 Å². The van der Waals surface area contributed by atoms with Crippen LogP contribution in [0.5, 0.6) is 0 Å². The zero-order valence-corrected chi connectivity index (χ0v) is 16.8. The number of anilines is 1. The first-order valence-corrected chi connectivity index (χ1v) is 9.17. The lowest BCUT2D eigenvalue weighted by molar-refractivity contribution is -0.148. The third-order valence-corrected chi connectivity index (χ3v) is 4.13. The SMILES string of the molecule is CC(=O)Nc1ccc(C(=O)[C@H](C)OC(=O)[C@H](C)NC(=O)c2cccc(C)c2)cc1. The molecule has 2 N–H and O–H groups in total. The van der Waals surface area contributed by atoms with E-state index in [0.717, 1.165) is 5.56 Å². The van der Waals surface area contributed by atoms with E-state index >= 15 is 0 Å². The average Bonchev–Trinajstić information content (AvgIpc) is 2.67. The van der Waals surface area contributed by atoms with Gasteiger partial charge in [0.05, 0.1) is 0 Å². The Labute approximate surface area is 169 Å². The first-order valence-electron chi connectivity index (χ1n) is 9.17. The van der Waals surface area contributed by atoms with E-state index in [-0.39, 0.29) is 11.7 Å². The molecule has 0 radical (unpaired) electrons. The lowest BCUT2D eigenvalue weighted by Gasteiger charge is -2.17. The molecular weight excluding hydrogens is 372 g/mol. The van der Waals surface area contributed by atoms with E-state index in [1.807, 2.05) is 13.0 Å². The highest BCUT2D eigenvalue weighted by atomic mass is 16.5. The number of aryl methyl sites for hydroxylation is 1. The third kappa shape index (κ3) is 6.27. The maximum absolute atomic E-state index is 12.5. The molecule has 0 saturated carbocycles. The molecule has 0 saturated heterocycles. The summed E-state index contributed by atoms with van der Waals surface area (Å²) >= 11 is 0. The second-order valence-electron chi connectivity index (χ2n) is 6.77. The van der Waals surface area contributed by atoms with Gasteiger partial charge >= 0.3 is 5.97 Å². The predicted octanol–water partition coefficient (Wildman–Crippen LogP) is 2.89. The molecule has 0 unspecified atom stereocenters. The molecule has 2 aromatic carbocycles. The van der Waals surface area contributed by atoms with Crippen molar-refractivity contribution < 1.29 is 23.9 Å². The van der Waals surface area contributed by atoms with Crippen LogP contribution >= 0.6 is 0 Å². The van der Waals surface area contributed by atoms with Gasteiger partial charge in [0.2, 0.25) is 11.7 Å². The highest BCUT2D eigenvalue weighted by Crippen LogP contribution is 2.13. The summed E-state index contributed by atoms with van der Waals surface area (Å²) in [5.41, 5.74) is 2.27. The van der Waals surface area contributed by atoms with Crippen LogP contribution in [0.15, 0.2) is 48.5 Å². The van der Waals surface area contributed by atoms with Crippen LogP contribution in [0.25, 0.3) is 0 Å². The summed E-state index contributed by atoms with van der Waals surface area (Å²) < 4.78 is 5.21. The lowest BCUT2D eigenvalue weighted by Crippen LogP contribution is -2.41. The van der Waals surface area contributed by atoms with Crippen LogP contribution in [0.3, 0.4) is 0 Å². The lowest BCUT2D eigenvalue weighted by atomic mass is 10.1. The number of nitrogens with one attached hydrogen (secondary N) is 2. The average molecular weight is 396 g/mol. The van der Waals surface area contributed by atoms with E-state index in [4.69, 9.17) is 4.74 Å². The molecule has 0 aromatic heterocycles. The minimum absolute atomic E-state index is 0.215. The maximum atomic E-state index is 12.5. The number of carbonyl (C=O) groups is 4. The fourth-order valence-corrected chi connectivity index (χ4v) is 2.61. The van der Waals surface area contributed by atoms with E-state index in [1.54, 1.807) is 42.5 Å². The normalized spacial score (nSPS) is 12.4. The zero-order valence-electron chi connectivity index (χ0n) is 16.8. The van der Waals surface area contributed by atoms with Gasteiger partial charge in [-0.1, -0.05) is 17.7 Å². The van der Waals surface area contributed by atoms with Gasteiger partial charge in [0.15, 0.2) is 6.10 Å². The number of ketones is 1. The Hall–Kier alpha value is -3.48. The molecule has 0 fully saturated rings. The molecule has 2 atom stereocenters. The van der Waals surface area contributed by atoms with Crippen molar-refractivity contribution in [1.82, 2.24) is 5.32 Å². The fourth-order valence-electron chi connectivity index (χ4n) is 2.61. The number of carbonyl (C=O) groups excluding carboxylic acids is 4. The Morgan fingerprint density at radius 3 is 2.17 bits per heavy atom. The van der Waals surface area contributed by atoms with E-state index in [1.165, 1.54) is 20.8 Å². The van der Waals surface area contributed by atoms with E-state index < -0.39 is 24.0 Å². The molecule has 152 valence electrons. The summed E-state index contributed by atoms with van der Waals surface area (Å²) in [5, 5.41) is 5.17. The van der Waals surface area contributed by atoms with Crippen LogP contribution in [0.4, 0.5) is 5.69 Å². The first-order chi connectivity index (χ1) is 13.7. The maximum Gasteiger partial charge on any atom is 0.329 e. The van der Waals surface area contributed by atoms with Crippen molar-refractivity contribution >= 4 is 29.3 Å². The fraction of sp³-hybridized carbons (Fsp3) is 0.273. The topological polar surface area (TPSA) is 102 Å². The Balaban J connectivity index is 1.93. The Kier molecular flexibility index (Phi) is 7.25. The molecule has 2 amide bonds. The van der Waals surface area contributed by atoms with E-state index in [0.29, 0.717) is 16.8 Å². The van der Waals surface area contributed by atoms with Crippen LogP contribution in [0.1, 0.15) is 47.1 Å². The van der Waals surface area contributed by atoms with Crippen molar-refractivity contribution in [2.75, 3.05) is 5.32 Å². The number of hydrogen-bond acceptors (Lipinski definition) is 5. The number of rotatable bonds is 7. The molecule has 0 aliphatic heterocycles. The van der Waals surface area contributed by atoms with Crippen molar-refractivity contribution in [3.8, 4) is 0 Å². The van der Waals surface area contributed by atoms with Gasteiger partial charge in [0.25, 0.3) is 5.91 Å². The highest BCUT2D eigenvalue weighted by Gasteiger charge is 2.24. The van der Waals surface area contributed by atoms with Gasteiger partial charge in [0.1, 0.15) is 6.04 Å². The largest absolute Gasteiger partial charge is 0.453 e. The summed E-state index contributed by atoms with van der Waals surface area (Å²) in [6, 6.07) is 12.3. The summed E-state index contributed by atoms with van der Waals surface area (Å²) in [7, 11) is 0. The molecular formula is C22H24N2O5. The highest BCUT2D eigenvalue weighted by molar-refractivity contribution is 6.01. The van der Waals surface area contributed by atoms with Crippen LogP contribution in [-0.2, 0) is 14.3 Å². The Morgan fingerprint density at radius 2 is 1.59 bits per heavy atom. The zero-order chi connectivity index (χ0) is 21.6. The second kappa shape index (κ2) is 9.64. The molecule has 2 aromatic rings. The third-order valence-electron chi connectivity index (χ3n) is 4.13. The van der Waals surface area contributed by atoms with Gasteiger partial charge < -0.3 is 15.4 Å². The summed E-state index contributed by atoms with van der Waals surface area (Å²) in [6.07, 6.45) is -1.02. The number of amides is 2. The number of Topliss-reactive ketones (excluding diaryl/α,β-unsaturated/α-hetero) is 1. The van der Waals surface area contributed by atoms with Gasteiger partial charge in [0, 0.05) is 23.7 Å². The van der Waals surface area contributed by atoms with Crippen molar-refractivity contribution in [3.63, 3.8) is 0 Å². The summed E-state index contributed by atoms with van der Waals surface area (Å²) in [4.78, 5) is 48.0. The van der Waals surface area contributed by atoms with Crippen LogP contribution < -0.4 is 10.6 Å². The van der Waals surface area contributed by atoms with Gasteiger partial charge in [-0.25, -0.2) is 4.79 Å². The van der Waals surface area contributed by atoms with Crippen LogP contribution in [-0.4, -0.2) is 35.7 Å². The van der Waals surface area contributed by atoms with E-state index in [2.05, 4.69) is 10.6 Å². The van der Waals surface area contributed by atoms with Crippen molar-refractivity contribution in [1.29, 1.82) is 0 Å². The van der Waals surface area contributed by atoms with Gasteiger partial charge in [-0.3, -0.25) is 14.4 Å². The van der Waals surface area contributed by atoms with Crippen LogP contribution in [0, 0.1) is 6.92 Å². The van der Waals surface area contributed by atoms with E-state index in [9.17, 15) is 19.2 Å². The number of esters is 1. The van der Waals surface area contributed by atoms with Crippen molar-refractivity contribution in [3.05, 3.63) is 65.2 Å². The summed E-state index contributed by atoms with van der Waals surface area (Å²) in [5.74, 6) is -1.70. The standard InChI is InChI=1S/C22H24N2O5/c1-13-6-5-7-18(12-13)21(27)23-14(2)22(28)29-15(3)20(26)17-8-10-19(11-9-17)24-16(4)25/h5-12,14-15H,1-4H3,(H,23,27)(H,24,25)/t14-,15-/m0/s1. The first kappa shape index (κ1) is 21.8. The Morgan fingerprint density at radius 1 is 0.931 bits per heavy atom. The smallest absolute Gasteiger partial charge is 0.329 e. The molecule has 2 rings (SSSR count). The molecule has 0 heterocycles. The predicted molar refractivity (Wildman–Crippen MR) is 109 cm³/mol. The quantitative estimate of drug-likeness (QED) is 0.553. The molecule has 7 heteroatoms. The van der Waals surface area contributed by atoms with Crippen molar-refractivity contribution in [2.24, 2.45) is 0 Å². The van der Waals surface area contributed by atoms with Gasteiger partial charge in [-0.2, -0.15) is 0 Å². The van der Waals surface area contributed by atoms with Gasteiger partial charge in [-0.15, -0.1) is 0 Å². The number of benzene rings is 2. The molecule has 29 heavy (non-hydrogen) atoms. The van der Waals surface area contributed by atoms with Crippen molar-refractivity contribution in [2.45, 2.75) is 39.8 Å². The number of hydrogen-bond donors (Lipinski definition) is 2. The second-order valence-corrected chi connectivity index (χ2v) is 6.77. The molecule has 0 aliphatic carbocycles. The monoisotopic (exact) mass is 396 g/mol. The summed E-state index contributed by atoms with van der Waals surface area (Å²) in [6.45, 7) is 6.22. The van der Waals surface area contributed by atoms with Gasteiger partial charge in [-0.05, 0) is 57.2 Å². The number of ether oxygens (including phenoxy) is 1. The minimum Gasteiger partial charge on any atom is -0.453 e. The molecule has 7 nitrogen and oxygen atoms in total. The molecule has 0 bridgehead atoms. The minimum atomic E-state index is -1.02. The molecule has 0 aliphatic rings.